The Balaban J connectivity index is 2.30. The lowest BCUT2D eigenvalue weighted by atomic mass is 10.2. The summed E-state index contributed by atoms with van der Waals surface area (Å²) in [6.45, 7) is 2.52. The molecule has 1 aromatic carbocycles. The minimum atomic E-state index is -3.43. The lowest BCUT2D eigenvalue weighted by molar-refractivity contribution is 0.121. The minimum Gasteiger partial charge on any atom is -0.369 e. The molecule has 2 rings (SSSR count). The van der Waals surface area contributed by atoms with Crippen molar-refractivity contribution in [3.63, 3.8) is 0 Å². The van der Waals surface area contributed by atoms with Crippen LogP contribution < -0.4 is 0 Å². The summed E-state index contributed by atoms with van der Waals surface area (Å²) in [5, 5.41) is 0. The molecule has 0 bridgehead atoms. The zero-order chi connectivity index (χ0) is 14.8. The van der Waals surface area contributed by atoms with Gasteiger partial charge in [-0.15, -0.1) is 11.8 Å². The number of benzene rings is 1. The van der Waals surface area contributed by atoms with Gasteiger partial charge < -0.3 is 4.74 Å². The fourth-order valence-corrected chi connectivity index (χ4v) is 5.15. The average molecular weight is 315 g/mol. The topological polar surface area (TPSA) is 46.6 Å². The first-order chi connectivity index (χ1) is 9.50. The summed E-state index contributed by atoms with van der Waals surface area (Å²) in [7, 11) is -1.79. The summed E-state index contributed by atoms with van der Waals surface area (Å²) in [5.41, 5.74) is 0.943. The highest BCUT2D eigenvalue weighted by molar-refractivity contribution is 7.99. The van der Waals surface area contributed by atoms with Crippen LogP contribution in [0.3, 0.4) is 0 Å². The van der Waals surface area contributed by atoms with Gasteiger partial charge in [-0.25, -0.2) is 8.42 Å². The van der Waals surface area contributed by atoms with Crippen LogP contribution in [0.4, 0.5) is 0 Å². The summed E-state index contributed by atoms with van der Waals surface area (Å²) in [6, 6.07) is 6.95. The molecule has 0 radical (unpaired) electrons. The first-order valence-corrected chi connectivity index (χ1v) is 9.37. The summed E-state index contributed by atoms with van der Waals surface area (Å²) < 4.78 is 32.5. The molecule has 1 heterocycles. The van der Waals surface area contributed by atoms with Crippen LogP contribution in [0.1, 0.15) is 18.4 Å². The summed E-state index contributed by atoms with van der Waals surface area (Å²) in [6.07, 6.45) is 3.68. The van der Waals surface area contributed by atoms with E-state index in [9.17, 15) is 8.42 Å². The van der Waals surface area contributed by atoms with E-state index in [-0.39, 0.29) is 11.5 Å². The van der Waals surface area contributed by atoms with E-state index in [2.05, 4.69) is 0 Å². The molecule has 0 aliphatic carbocycles. The van der Waals surface area contributed by atoms with Crippen molar-refractivity contribution >= 4 is 21.8 Å². The summed E-state index contributed by atoms with van der Waals surface area (Å²) in [4.78, 5) is 0.367. The highest BCUT2D eigenvalue weighted by Gasteiger charge is 2.39. The van der Waals surface area contributed by atoms with Gasteiger partial charge in [0.1, 0.15) is 5.44 Å². The Kier molecular flexibility index (Phi) is 5.12. The fourth-order valence-electron chi connectivity index (χ4n) is 2.59. The van der Waals surface area contributed by atoms with Crippen LogP contribution in [-0.2, 0) is 14.8 Å². The highest BCUT2D eigenvalue weighted by atomic mass is 32.2. The van der Waals surface area contributed by atoms with E-state index >= 15 is 0 Å². The molecule has 1 saturated heterocycles. The van der Waals surface area contributed by atoms with Crippen molar-refractivity contribution in [1.82, 2.24) is 4.31 Å². The molecular weight excluding hydrogens is 294 g/mol. The van der Waals surface area contributed by atoms with Gasteiger partial charge in [-0.3, -0.25) is 0 Å². The smallest absolute Gasteiger partial charge is 0.243 e. The van der Waals surface area contributed by atoms with Gasteiger partial charge in [-0.1, -0.05) is 17.7 Å². The average Bonchev–Trinajstić information content (AvgIpc) is 2.91. The molecule has 2 atom stereocenters. The van der Waals surface area contributed by atoms with E-state index in [1.165, 1.54) is 0 Å². The quantitative estimate of drug-likeness (QED) is 0.783. The molecule has 0 aromatic heterocycles. The Morgan fingerprint density at radius 1 is 1.35 bits per heavy atom. The van der Waals surface area contributed by atoms with E-state index in [1.54, 1.807) is 35.3 Å². The van der Waals surface area contributed by atoms with Crippen LogP contribution in [0.15, 0.2) is 29.2 Å². The van der Waals surface area contributed by atoms with Crippen LogP contribution in [0.2, 0.25) is 0 Å². The maximum absolute atomic E-state index is 12.8. The van der Waals surface area contributed by atoms with Crippen molar-refractivity contribution in [1.29, 1.82) is 0 Å². The van der Waals surface area contributed by atoms with Gasteiger partial charge in [0.25, 0.3) is 0 Å². The van der Waals surface area contributed by atoms with Gasteiger partial charge in [0.05, 0.1) is 10.9 Å². The number of ether oxygens (including phenoxy) is 1. The van der Waals surface area contributed by atoms with E-state index in [0.29, 0.717) is 11.4 Å². The number of sulfonamides is 1. The van der Waals surface area contributed by atoms with Crippen LogP contribution in [0.5, 0.6) is 0 Å². The zero-order valence-electron chi connectivity index (χ0n) is 12.1. The van der Waals surface area contributed by atoms with Crippen molar-refractivity contribution in [2.75, 3.05) is 19.9 Å². The fraction of sp³-hybridized carbons (Fsp3) is 0.571. The standard InChI is InChI=1S/C14H21NO3S2/c1-11-6-8-12(9-7-11)20(16,17)15-10-4-5-13(15)14(18-2)19-3/h6-9,13-14H,4-5,10H2,1-3H3. The summed E-state index contributed by atoms with van der Waals surface area (Å²) in [5.74, 6) is 0. The lowest BCUT2D eigenvalue weighted by Crippen LogP contribution is -2.42. The molecule has 1 aromatic rings. The van der Waals surface area contributed by atoms with Crippen LogP contribution in [0.25, 0.3) is 0 Å². The van der Waals surface area contributed by atoms with Crippen molar-refractivity contribution in [3.05, 3.63) is 29.8 Å². The van der Waals surface area contributed by atoms with Gasteiger partial charge >= 0.3 is 0 Å². The van der Waals surface area contributed by atoms with E-state index in [4.69, 9.17) is 4.74 Å². The van der Waals surface area contributed by atoms with Gasteiger partial charge in [-0.2, -0.15) is 4.31 Å². The van der Waals surface area contributed by atoms with Crippen molar-refractivity contribution < 1.29 is 13.2 Å². The third-order valence-electron chi connectivity index (χ3n) is 3.65. The Morgan fingerprint density at radius 2 is 2.00 bits per heavy atom. The molecule has 0 spiro atoms. The number of rotatable bonds is 5. The Labute approximate surface area is 125 Å². The first kappa shape index (κ1) is 15.8. The third kappa shape index (κ3) is 3.03. The maximum atomic E-state index is 12.8. The molecule has 6 heteroatoms. The van der Waals surface area contributed by atoms with Gasteiger partial charge in [0.2, 0.25) is 10.0 Å². The SMILES string of the molecule is COC(SC)C1CCCN1S(=O)(=O)c1ccc(C)cc1. The predicted molar refractivity (Wildman–Crippen MR) is 82.4 cm³/mol. The molecule has 20 heavy (non-hydrogen) atoms. The Hall–Kier alpha value is -0.560. The Bertz CT molecular complexity index is 538. The van der Waals surface area contributed by atoms with Gasteiger partial charge in [-0.05, 0) is 38.2 Å². The second kappa shape index (κ2) is 6.47. The van der Waals surface area contributed by atoms with Crippen molar-refractivity contribution in [3.8, 4) is 0 Å². The second-order valence-corrected chi connectivity index (χ2v) is 7.80. The predicted octanol–water partition coefficient (Wildman–Crippen LogP) is 2.48. The first-order valence-electron chi connectivity index (χ1n) is 6.65. The van der Waals surface area contributed by atoms with Crippen LogP contribution in [0, 0.1) is 6.92 Å². The molecule has 0 N–H and O–H groups in total. The van der Waals surface area contributed by atoms with E-state index in [0.717, 1.165) is 18.4 Å². The largest absolute Gasteiger partial charge is 0.369 e. The molecule has 1 aliphatic heterocycles. The number of aryl methyl sites for hydroxylation is 1. The van der Waals surface area contributed by atoms with Crippen LogP contribution in [-0.4, -0.2) is 44.1 Å². The van der Waals surface area contributed by atoms with E-state index in [1.807, 2.05) is 25.3 Å². The number of nitrogens with zero attached hydrogens (tertiary/aromatic N) is 1. The van der Waals surface area contributed by atoms with Gasteiger partial charge in [0, 0.05) is 13.7 Å². The second-order valence-electron chi connectivity index (χ2n) is 4.98. The molecule has 1 fully saturated rings. The summed E-state index contributed by atoms with van der Waals surface area (Å²) >= 11 is 1.56. The third-order valence-corrected chi connectivity index (χ3v) is 6.56. The highest BCUT2D eigenvalue weighted by Crippen LogP contribution is 2.31. The number of methoxy groups -OCH3 is 1. The maximum Gasteiger partial charge on any atom is 0.243 e. The van der Waals surface area contributed by atoms with Crippen molar-refractivity contribution in [2.45, 2.75) is 36.1 Å². The molecular formula is C14H21NO3S2. The molecule has 0 saturated carbocycles. The van der Waals surface area contributed by atoms with Crippen molar-refractivity contribution in [2.24, 2.45) is 0 Å². The number of hydrogen-bond donors (Lipinski definition) is 0. The van der Waals surface area contributed by atoms with Crippen LogP contribution >= 0.6 is 11.8 Å². The molecule has 1 aliphatic rings. The lowest BCUT2D eigenvalue weighted by Gasteiger charge is -2.29. The Morgan fingerprint density at radius 3 is 2.55 bits per heavy atom. The van der Waals surface area contributed by atoms with E-state index < -0.39 is 10.0 Å². The molecule has 0 amide bonds. The normalized spacial score (nSPS) is 22.1. The molecule has 4 nitrogen and oxygen atoms in total. The number of thioether (sulfide) groups is 1. The van der Waals surface area contributed by atoms with Gasteiger partial charge in [0.15, 0.2) is 0 Å². The molecule has 112 valence electrons. The molecule has 2 unspecified atom stereocenters. The zero-order valence-corrected chi connectivity index (χ0v) is 13.7. The number of hydrogen-bond acceptors (Lipinski definition) is 4. The monoisotopic (exact) mass is 315 g/mol. The minimum absolute atomic E-state index is 0.0821.